The number of ether oxygens (including phenoxy) is 2. The Labute approximate surface area is 134 Å². The molecule has 1 saturated heterocycles. The minimum Gasteiger partial charge on any atom is -0.486 e. The fraction of sp³-hybridized carbons (Fsp3) is 0.412. The predicted octanol–water partition coefficient (Wildman–Crippen LogP) is 1.43. The molecule has 3 heterocycles. The van der Waals surface area contributed by atoms with Crippen LogP contribution in [-0.4, -0.2) is 35.6 Å². The Morgan fingerprint density at radius 1 is 1.17 bits per heavy atom. The molecular formula is C17H19N3O3. The summed E-state index contributed by atoms with van der Waals surface area (Å²) < 4.78 is 12.7. The van der Waals surface area contributed by atoms with Crippen molar-refractivity contribution in [3.63, 3.8) is 0 Å². The molecule has 0 amide bonds. The van der Waals surface area contributed by atoms with Crippen molar-refractivity contribution in [2.45, 2.75) is 25.4 Å². The van der Waals surface area contributed by atoms with Crippen molar-refractivity contribution < 1.29 is 9.47 Å². The summed E-state index contributed by atoms with van der Waals surface area (Å²) in [5.74, 6) is 1.48. The van der Waals surface area contributed by atoms with Gasteiger partial charge in [-0.15, -0.1) is 0 Å². The number of fused-ring (bicyclic) bond motifs is 1. The number of hydrogen-bond acceptors (Lipinski definition) is 5. The molecule has 0 unspecified atom stereocenters. The Morgan fingerprint density at radius 2 is 2.04 bits per heavy atom. The molecule has 1 aromatic carbocycles. The Morgan fingerprint density at radius 3 is 2.87 bits per heavy atom. The van der Waals surface area contributed by atoms with E-state index in [1.807, 2.05) is 18.2 Å². The van der Waals surface area contributed by atoms with Crippen molar-refractivity contribution in [2.24, 2.45) is 0 Å². The zero-order valence-electron chi connectivity index (χ0n) is 12.8. The number of nitrogens with zero attached hydrogens (tertiary/aromatic N) is 2. The average Bonchev–Trinajstić information content (AvgIpc) is 3.09. The second-order valence-electron chi connectivity index (χ2n) is 5.89. The van der Waals surface area contributed by atoms with Gasteiger partial charge in [0.2, 0.25) is 0 Å². The largest absolute Gasteiger partial charge is 0.486 e. The van der Waals surface area contributed by atoms with E-state index in [0.717, 1.165) is 42.1 Å². The van der Waals surface area contributed by atoms with E-state index in [1.165, 1.54) is 0 Å². The first kappa shape index (κ1) is 14.3. The van der Waals surface area contributed by atoms with Crippen molar-refractivity contribution in [2.75, 3.05) is 19.8 Å². The molecule has 2 aliphatic rings. The number of rotatable bonds is 3. The zero-order valence-corrected chi connectivity index (χ0v) is 12.8. The standard InChI is InChI=1S/C17H19N3O3/c21-17-6-4-14(19-20(17)11-13-2-1-7-18-13)12-3-5-15-16(10-12)23-9-8-22-15/h3-6,10,13,18H,1-2,7-9,11H2/t13-/m0/s1. The molecule has 4 rings (SSSR count). The van der Waals surface area contributed by atoms with Crippen LogP contribution in [0.1, 0.15) is 12.8 Å². The second-order valence-corrected chi connectivity index (χ2v) is 5.89. The van der Waals surface area contributed by atoms with Crippen LogP contribution in [0.3, 0.4) is 0 Å². The molecule has 2 aromatic rings. The van der Waals surface area contributed by atoms with Crippen LogP contribution in [0.5, 0.6) is 11.5 Å². The van der Waals surface area contributed by atoms with Crippen LogP contribution in [0.2, 0.25) is 0 Å². The van der Waals surface area contributed by atoms with Gasteiger partial charge in [0.1, 0.15) is 13.2 Å². The third-order valence-electron chi connectivity index (χ3n) is 4.26. The summed E-state index contributed by atoms with van der Waals surface area (Å²) in [5, 5.41) is 7.92. The highest BCUT2D eigenvalue weighted by Crippen LogP contribution is 2.33. The Bertz CT molecular complexity index is 766. The van der Waals surface area contributed by atoms with Gasteiger partial charge in [0.15, 0.2) is 11.5 Å². The molecule has 0 radical (unpaired) electrons. The fourth-order valence-electron chi connectivity index (χ4n) is 3.06. The Hall–Kier alpha value is -2.34. The van der Waals surface area contributed by atoms with Gasteiger partial charge in [0.25, 0.3) is 5.56 Å². The third-order valence-corrected chi connectivity index (χ3v) is 4.26. The fourth-order valence-corrected chi connectivity index (χ4v) is 3.06. The molecule has 6 nitrogen and oxygen atoms in total. The molecule has 1 fully saturated rings. The highest BCUT2D eigenvalue weighted by molar-refractivity contribution is 5.63. The van der Waals surface area contributed by atoms with E-state index in [0.29, 0.717) is 25.8 Å². The monoisotopic (exact) mass is 313 g/mol. The summed E-state index contributed by atoms with van der Waals surface area (Å²) in [6.45, 7) is 2.75. The van der Waals surface area contributed by atoms with Crippen molar-refractivity contribution in [1.82, 2.24) is 15.1 Å². The maximum Gasteiger partial charge on any atom is 0.266 e. The molecule has 0 spiro atoms. The molecular weight excluding hydrogens is 294 g/mol. The SMILES string of the molecule is O=c1ccc(-c2ccc3c(c2)OCCO3)nn1C[C@@H]1CCCN1. The van der Waals surface area contributed by atoms with Crippen molar-refractivity contribution in [3.05, 3.63) is 40.7 Å². The Kier molecular flexibility index (Phi) is 3.75. The lowest BCUT2D eigenvalue weighted by Crippen LogP contribution is -2.33. The number of hydrogen-bond donors (Lipinski definition) is 1. The van der Waals surface area contributed by atoms with Crippen LogP contribution >= 0.6 is 0 Å². The molecule has 0 saturated carbocycles. The summed E-state index contributed by atoms with van der Waals surface area (Å²) >= 11 is 0. The van der Waals surface area contributed by atoms with Gasteiger partial charge in [-0.05, 0) is 43.7 Å². The topological polar surface area (TPSA) is 65.4 Å². The predicted molar refractivity (Wildman–Crippen MR) is 85.9 cm³/mol. The quantitative estimate of drug-likeness (QED) is 0.929. The molecule has 120 valence electrons. The number of aromatic nitrogens is 2. The van der Waals surface area contributed by atoms with E-state index in [1.54, 1.807) is 16.8 Å². The summed E-state index contributed by atoms with van der Waals surface area (Å²) in [5.41, 5.74) is 1.61. The highest BCUT2D eigenvalue weighted by Gasteiger charge is 2.17. The first-order chi connectivity index (χ1) is 11.3. The normalized spacial score (nSPS) is 19.7. The first-order valence-electron chi connectivity index (χ1n) is 8.01. The van der Waals surface area contributed by atoms with Crippen molar-refractivity contribution in [1.29, 1.82) is 0 Å². The van der Waals surface area contributed by atoms with Crippen LogP contribution in [0.25, 0.3) is 11.3 Å². The van der Waals surface area contributed by atoms with Gasteiger partial charge >= 0.3 is 0 Å². The lowest BCUT2D eigenvalue weighted by atomic mass is 10.1. The zero-order chi connectivity index (χ0) is 15.6. The van der Waals surface area contributed by atoms with Crippen LogP contribution in [0.15, 0.2) is 35.1 Å². The molecule has 1 atom stereocenters. The molecule has 1 N–H and O–H groups in total. The van der Waals surface area contributed by atoms with Gasteiger partial charge in [-0.3, -0.25) is 4.79 Å². The lowest BCUT2D eigenvalue weighted by Gasteiger charge is -2.19. The van der Waals surface area contributed by atoms with Crippen molar-refractivity contribution in [3.8, 4) is 22.8 Å². The molecule has 0 aliphatic carbocycles. The smallest absolute Gasteiger partial charge is 0.266 e. The van der Waals surface area contributed by atoms with E-state index < -0.39 is 0 Å². The Balaban J connectivity index is 1.64. The first-order valence-corrected chi connectivity index (χ1v) is 8.01. The summed E-state index contributed by atoms with van der Waals surface area (Å²) in [7, 11) is 0. The maximum absolute atomic E-state index is 12.1. The molecule has 6 heteroatoms. The van der Waals surface area contributed by atoms with E-state index in [9.17, 15) is 4.79 Å². The van der Waals surface area contributed by atoms with Crippen LogP contribution in [-0.2, 0) is 6.54 Å². The second kappa shape index (κ2) is 6.04. The summed E-state index contributed by atoms with van der Waals surface area (Å²) in [6.07, 6.45) is 2.24. The molecule has 23 heavy (non-hydrogen) atoms. The van der Waals surface area contributed by atoms with Crippen LogP contribution in [0, 0.1) is 0 Å². The van der Waals surface area contributed by atoms with Gasteiger partial charge in [0.05, 0.1) is 12.2 Å². The average molecular weight is 313 g/mol. The number of nitrogens with one attached hydrogen (secondary N) is 1. The minimum absolute atomic E-state index is 0.0695. The highest BCUT2D eigenvalue weighted by atomic mass is 16.6. The van der Waals surface area contributed by atoms with Gasteiger partial charge < -0.3 is 14.8 Å². The number of benzene rings is 1. The van der Waals surface area contributed by atoms with Crippen molar-refractivity contribution >= 4 is 0 Å². The maximum atomic E-state index is 12.1. The van der Waals surface area contributed by atoms with Crippen LogP contribution < -0.4 is 20.3 Å². The van der Waals surface area contributed by atoms with Gasteiger partial charge in [-0.1, -0.05) is 0 Å². The molecule has 0 bridgehead atoms. The van der Waals surface area contributed by atoms with E-state index >= 15 is 0 Å². The third kappa shape index (κ3) is 2.94. The van der Waals surface area contributed by atoms with Gasteiger partial charge in [-0.25, -0.2) is 4.68 Å². The molecule has 2 aliphatic heterocycles. The van der Waals surface area contributed by atoms with Gasteiger partial charge in [0, 0.05) is 17.7 Å². The summed E-state index contributed by atoms with van der Waals surface area (Å²) in [4.78, 5) is 12.1. The van der Waals surface area contributed by atoms with E-state index in [2.05, 4.69) is 10.4 Å². The van der Waals surface area contributed by atoms with Crippen LogP contribution in [0.4, 0.5) is 0 Å². The van der Waals surface area contributed by atoms with E-state index in [-0.39, 0.29) is 5.56 Å². The molecule has 1 aromatic heterocycles. The van der Waals surface area contributed by atoms with Gasteiger partial charge in [-0.2, -0.15) is 5.10 Å². The lowest BCUT2D eigenvalue weighted by molar-refractivity contribution is 0.171. The minimum atomic E-state index is -0.0695. The summed E-state index contributed by atoms with van der Waals surface area (Å²) in [6, 6.07) is 9.41. The van der Waals surface area contributed by atoms with E-state index in [4.69, 9.17) is 9.47 Å².